The third-order valence-corrected chi connectivity index (χ3v) is 5.92. The molecule has 3 aromatic carbocycles. The summed E-state index contributed by atoms with van der Waals surface area (Å²) in [5.41, 5.74) is 4.36. The standard InChI is InChI=1S/C25H20ClIN2O2/c1-16-6-8-18(9-7-16)15-31-24-11-10-19(13-22(24)27)12-20(14-28)25(30)29-23-5-3-4-21(26)17(23)2/h3-13H,15H2,1-2H3,(H,29,30)/b20-12-. The third kappa shape index (κ3) is 6.09. The molecule has 31 heavy (non-hydrogen) atoms. The van der Waals surface area contributed by atoms with Crippen LogP contribution in [0.2, 0.25) is 5.02 Å². The smallest absolute Gasteiger partial charge is 0.266 e. The molecular weight excluding hydrogens is 523 g/mol. The second-order valence-electron chi connectivity index (χ2n) is 7.00. The lowest BCUT2D eigenvalue weighted by Gasteiger charge is -2.10. The molecule has 0 atom stereocenters. The highest BCUT2D eigenvalue weighted by Gasteiger charge is 2.12. The molecule has 0 fully saturated rings. The highest BCUT2D eigenvalue weighted by molar-refractivity contribution is 14.1. The number of carbonyl (C=O) groups is 1. The summed E-state index contributed by atoms with van der Waals surface area (Å²) >= 11 is 8.29. The van der Waals surface area contributed by atoms with Crippen molar-refractivity contribution in [3.63, 3.8) is 0 Å². The molecule has 6 heteroatoms. The molecule has 4 nitrogen and oxygen atoms in total. The highest BCUT2D eigenvalue weighted by atomic mass is 127. The highest BCUT2D eigenvalue weighted by Crippen LogP contribution is 2.26. The molecule has 156 valence electrons. The summed E-state index contributed by atoms with van der Waals surface area (Å²) in [7, 11) is 0. The van der Waals surface area contributed by atoms with Crippen LogP contribution in [0.4, 0.5) is 5.69 Å². The normalized spacial score (nSPS) is 11.0. The predicted octanol–water partition coefficient (Wildman–Crippen LogP) is 6.69. The number of amides is 1. The Bertz CT molecular complexity index is 1180. The number of rotatable bonds is 6. The van der Waals surface area contributed by atoms with Gasteiger partial charge in [0.15, 0.2) is 0 Å². The Morgan fingerprint density at radius 3 is 2.58 bits per heavy atom. The number of ether oxygens (including phenoxy) is 1. The maximum Gasteiger partial charge on any atom is 0.266 e. The first-order valence-electron chi connectivity index (χ1n) is 9.53. The van der Waals surface area contributed by atoms with Gasteiger partial charge in [0.05, 0.1) is 3.57 Å². The summed E-state index contributed by atoms with van der Waals surface area (Å²) in [5, 5.41) is 12.8. The summed E-state index contributed by atoms with van der Waals surface area (Å²) in [6, 6.07) is 20.9. The molecule has 0 spiro atoms. The van der Waals surface area contributed by atoms with Crippen LogP contribution in [0.25, 0.3) is 6.08 Å². The van der Waals surface area contributed by atoms with Gasteiger partial charge in [-0.1, -0.05) is 53.6 Å². The number of aryl methyl sites for hydroxylation is 1. The van der Waals surface area contributed by atoms with E-state index in [4.69, 9.17) is 16.3 Å². The van der Waals surface area contributed by atoms with Gasteiger partial charge in [-0.3, -0.25) is 4.79 Å². The van der Waals surface area contributed by atoms with E-state index in [1.54, 1.807) is 24.3 Å². The lowest BCUT2D eigenvalue weighted by Crippen LogP contribution is -2.14. The zero-order valence-corrected chi connectivity index (χ0v) is 20.0. The lowest BCUT2D eigenvalue weighted by molar-refractivity contribution is -0.112. The van der Waals surface area contributed by atoms with Crippen LogP contribution in [0.5, 0.6) is 5.75 Å². The molecule has 1 amide bonds. The molecule has 0 saturated heterocycles. The molecule has 0 heterocycles. The number of hydrogen-bond acceptors (Lipinski definition) is 3. The number of carbonyl (C=O) groups excluding carboxylic acids is 1. The number of halogens is 2. The van der Waals surface area contributed by atoms with Gasteiger partial charge in [-0.15, -0.1) is 0 Å². The van der Waals surface area contributed by atoms with Gasteiger partial charge in [-0.25, -0.2) is 0 Å². The van der Waals surface area contributed by atoms with Crippen LogP contribution in [0.1, 0.15) is 22.3 Å². The van der Waals surface area contributed by atoms with Gasteiger partial charge in [0.25, 0.3) is 5.91 Å². The Morgan fingerprint density at radius 1 is 1.16 bits per heavy atom. The fraction of sp³-hybridized carbons (Fsp3) is 0.120. The Labute approximate surface area is 200 Å². The van der Waals surface area contributed by atoms with Crippen molar-refractivity contribution >= 4 is 51.9 Å². The molecule has 0 radical (unpaired) electrons. The summed E-state index contributed by atoms with van der Waals surface area (Å²) in [5.74, 6) is 0.262. The molecule has 0 aliphatic carbocycles. The van der Waals surface area contributed by atoms with E-state index in [1.165, 1.54) is 5.56 Å². The van der Waals surface area contributed by atoms with Gasteiger partial charge in [0.1, 0.15) is 24.0 Å². The second kappa shape index (κ2) is 10.5. The number of nitrogens with one attached hydrogen (secondary N) is 1. The van der Waals surface area contributed by atoms with Gasteiger partial charge in [-0.2, -0.15) is 5.26 Å². The predicted molar refractivity (Wildman–Crippen MR) is 133 cm³/mol. The average molecular weight is 543 g/mol. The van der Waals surface area contributed by atoms with Crippen LogP contribution < -0.4 is 10.1 Å². The van der Waals surface area contributed by atoms with E-state index in [0.717, 1.165) is 26.0 Å². The van der Waals surface area contributed by atoms with Crippen LogP contribution in [0.3, 0.4) is 0 Å². The van der Waals surface area contributed by atoms with Crippen molar-refractivity contribution in [2.75, 3.05) is 5.32 Å². The molecule has 1 N–H and O–H groups in total. The van der Waals surface area contributed by atoms with E-state index in [0.29, 0.717) is 17.3 Å². The van der Waals surface area contributed by atoms with E-state index < -0.39 is 5.91 Å². The van der Waals surface area contributed by atoms with Crippen molar-refractivity contribution in [3.05, 3.63) is 97.1 Å². The first-order chi connectivity index (χ1) is 14.9. The molecule has 0 unspecified atom stereocenters. The summed E-state index contributed by atoms with van der Waals surface area (Å²) < 4.78 is 6.81. The van der Waals surface area contributed by atoms with Crippen molar-refractivity contribution in [2.45, 2.75) is 20.5 Å². The lowest BCUT2D eigenvalue weighted by atomic mass is 10.1. The van der Waals surface area contributed by atoms with Crippen LogP contribution in [0, 0.1) is 28.7 Å². The second-order valence-corrected chi connectivity index (χ2v) is 8.57. The van der Waals surface area contributed by atoms with Gasteiger partial charge >= 0.3 is 0 Å². The van der Waals surface area contributed by atoms with Crippen molar-refractivity contribution in [2.24, 2.45) is 0 Å². The Morgan fingerprint density at radius 2 is 1.90 bits per heavy atom. The quantitative estimate of drug-likeness (QED) is 0.215. The van der Waals surface area contributed by atoms with Crippen LogP contribution in [0.15, 0.2) is 66.2 Å². The number of benzene rings is 3. The number of anilines is 1. The maximum absolute atomic E-state index is 12.6. The SMILES string of the molecule is Cc1ccc(COc2ccc(/C=C(/C#N)C(=O)Nc3cccc(Cl)c3C)cc2I)cc1. The molecule has 0 aromatic heterocycles. The van der Waals surface area contributed by atoms with E-state index in [1.807, 2.05) is 50.2 Å². The summed E-state index contributed by atoms with van der Waals surface area (Å²) in [6.07, 6.45) is 1.56. The molecule has 0 aliphatic rings. The van der Waals surface area contributed by atoms with Crippen molar-refractivity contribution < 1.29 is 9.53 Å². The molecule has 3 rings (SSSR count). The minimum atomic E-state index is -0.484. The average Bonchev–Trinajstić information content (AvgIpc) is 2.75. The van der Waals surface area contributed by atoms with E-state index in [2.05, 4.69) is 40.0 Å². The molecule has 0 bridgehead atoms. The van der Waals surface area contributed by atoms with Crippen molar-refractivity contribution in [3.8, 4) is 11.8 Å². The number of hydrogen-bond donors (Lipinski definition) is 1. The monoisotopic (exact) mass is 542 g/mol. The van der Waals surface area contributed by atoms with Crippen LogP contribution >= 0.6 is 34.2 Å². The molecule has 0 saturated carbocycles. The van der Waals surface area contributed by atoms with Gasteiger partial charge < -0.3 is 10.1 Å². The van der Waals surface area contributed by atoms with Gasteiger partial charge in [-0.05, 0) is 83.5 Å². The third-order valence-electron chi connectivity index (χ3n) is 4.66. The zero-order valence-electron chi connectivity index (χ0n) is 17.1. The topological polar surface area (TPSA) is 62.1 Å². The zero-order chi connectivity index (χ0) is 22.4. The molecular formula is C25H20ClIN2O2. The minimum absolute atomic E-state index is 0.00324. The van der Waals surface area contributed by atoms with Crippen molar-refractivity contribution in [1.29, 1.82) is 5.26 Å². The van der Waals surface area contributed by atoms with Crippen LogP contribution in [-0.2, 0) is 11.4 Å². The fourth-order valence-electron chi connectivity index (χ4n) is 2.82. The Balaban J connectivity index is 1.72. The van der Waals surface area contributed by atoms with E-state index in [-0.39, 0.29) is 5.57 Å². The first-order valence-corrected chi connectivity index (χ1v) is 11.0. The number of nitriles is 1. The van der Waals surface area contributed by atoms with Gasteiger partial charge in [0.2, 0.25) is 0 Å². The summed E-state index contributed by atoms with van der Waals surface area (Å²) in [6.45, 7) is 4.33. The van der Waals surface area contributed by atoms with Crippen molar-refractivity contribution in [1.82, 2.24) is 0 Å². The molecule has 3 aromatic rings. The first kappa shape index (κ1) is 22.9. The van der Waals surface area contributed by atoms with Crippen LogP contribution in [-0.4, -0.2) is 5.91 Å². The largest absolute Gasteiger partial charge is 0.488 e. The Kier molecular flexibility index (Phi) is 7.72. The van der Waals surface area contributed by atoms with E-state index >= 15 is 0 Å². The van der Waals surface area contributed by atoms with Gasteiger partial charge in [0, 0.05) is 10.7 Å². The summed E-state index contributed by atoms with van der Waals surface area (Å²) in [4.78, 5) is 12.6. The Hall–Kier alpha value is -2.82. The van der Waals surface area contributed by atoms with E-state index in [9.17, 15) is 10.1 Å². The number of nitrogens with zero attached hydrogens (tertiary/aromatic N) is 1. The maximum atomic E-state index is 12.6. The fourth-order valence-corrected chi connectivity index (χ4v) is 3.69. The molecule has 0 aliphatic heterocycles. The minimum Gasteiger partial charge on any atom is -0.488 e.